The first-order chi connectivity index (χ1) is 12.8. The van der Waals surface area contributed by atoms with Crippen LogP contribution in [0.25, 0.3) is 0 Å². The van der Waals surface area contributed by atoms with E-state index < -0.39 is 28.8 Å². The molecule has 0 spiro atoms. The summed E-state index contributed by atoms with van der Waals surface area (Å²) in [5, 5.41) is 13.9. The molecule has 0 aromatic heterocycles. The average Bonchev–Trinajstić information content (AvgIpc) is 3.44. The first kappa shape index (κ1) is 18.8. The molecular formula is C19H17ClN2O5. The van der Waals surface area contributed by atoms with Crippen molar-refractivity contribution in [3.63, 3.8) is 0 Å². The highest BCUT2D eigenvalue weighted by molar-refractivity contribution is 6.30. The summed E-state index contributed by atoms with van der Waals surface area (Å²) in [5.74, 6) is -0.951. The molecule has 1 saturated carbocycles. The highest BCUT2D eigenvalue weighted by atomic mass is 35.5. The number of carbonyl (C=O) groups is 2. The predicted molar refractivity (Wildman–Crippen MR) is 99.8 cm³/mol. The molecule has 1 N–H and O–H groups in total. The van der Waals surface area contributed by atoms with Crippen molar-refractivity contribution >= 4 is 34.9 Å². The third kappa shape index (κ3) is 4.09. The van der Waals surface area contributed by atoms with Gasteiger partial charge in [-0.2, -0.15) is 0 Å². The zero-order chi connectivity index (χ0) is 19.6. The van der Waals surface area contributed by atoms with Crippen molar-refractivity contribution < 1.29 is 19.2 Å². The van der Waals surface area contributed by atoms with Crippen LogP contribution in [0.4, 0.5) is 11.4 Å². The summed E-state index contributed by atoms with van der Waals surface area (Å²) >= 11 is 5.87. The SMILES string of the molecule is Cc1cc([N+](=O)[O-])ccc1NC(=O)COC(=O)C1(c2ccc(Cl)cc2)CC1. The molecule has 140 valence electrons. The van der Waals surface area contributed by atoms with E-state index >= 15 is 0 Å². The van der Waals surface area contributed by atoms with Gasteiger partial charge >= 0.3 is 5.97 Å². The Bertz CT molecular complexity index is 907. The van der Waals surface area contributed by atoms with Gasteiger partial charge in [-0.3, -0.25) is 19.7 Å². The number of hydrogen-bond donors (Lipinski definition) is 1. The fourth-order valence-electron chi connectivity index (χ4n) is 2.86. The van der Waals surface area contributed by atoms with Crippen LogP contribution in [0.15, 0.2) is 42.5 Å². The maximum Gasteiger partial charge on any atom is 0.317 e. The zero-order valence-corrected chi connectivity index (χ0v) is 15.3. The van der Waals surface area contributed by atoms with E-state index in [1.54, 1.807) is 31.2 Å². The molecule has 8 heteroatoms. The van der Waals surface area contributed by atoms with Crippen LogP contribution in [-0.2, 0) is 19.7 Å². The second-order valence-electron chi connectivity index (χ2n) is 6.47. The Morgan fingerprint density at radius 2 is 1.89 bits per heavy atom. The number of rotatable bonds is 6. The molecule has 27 heavy (non-hydrogen) atoms. The smallest absolute Gasteiger partial charge is 0.317 e. The van der Waals surface area contributed by atoms with Crippen LogP contribution in [0.5, 0.6) is 0 Å². The van der Waals surface area contributed by atoms with Crippen molar-refractivity contribution in [3.8, 4) is 0 Å². The number of nitrogens with zero attached hydrogens (tertiary/aromatic N) is 1. The summed E-state index contributed by atoms with van der Waals surface area (Å²) in [6.07, 6.45) is 1.33. The van der Waals surface area contributed by atoms with E-state index in [1.807, 2.05) is 0 Å². The van der Waals surface area contributed by atoms with Gasteiger partial charge in [-0.25, -0.2) is 0 Å². The van der Waals surface area contributed by atoms with Crippen molar-refractivity contribution in [2.45, 2.75) is 25.2 Å². The Kier molecular flexibility index (Phi) is 5.14. The van der Waals surface area contributed by atoms with Crippen LogP contribution in [0.2, 0.25) is 5.02 Å². The number of nitro benzene ring substituents is 1. The lowest BCUT2D eigenvalue weighted by molar-refractivity contribution is -0.384. The average molecular weight is 389 g/mol. The molecule has 1 fully saturated rings. The van der Waals surface area contributed by atoms with E-state index in [0.29, 0.717) is 29.1 Å². The first-order valence-corrected chi connectivity index (χ1v) is 8.68. The van der Waals surface area contributed by atoms with Gasteiger partial charge in [-0.15, -0.1) is 0 Å². The van der Waals surface area contributed by atoms with Gasteiger partial charge in [0, 0.05) is 22.8 Å². The normalized spacial score (nSPS) is 14.3. The highest BCUT2D eigenvalue weighted by Gasteiger charge is 2.52. The number of esters is 1. The third-order valence-electron chi connectivity index (χ3n) is 4.57. The summed E-state index contributed by atoms with van der Waals surface area (Å²) in [6.45, 7) is 1.22. The number of amides is 1. The van der Waals surface area contributed by atoms with Crippen molar-refractivity contribution in [1.82, 2.24) is 0 Å². The van der Waals surface area contributed by atoms with Crippen LogP contribution in [-0.4, -0.2) is 23.4 Å². The molecule has 2 aromatic rings. The summed E-state index contributed by atoms with van der Waals surface area (Å²) in [4.78, 5) is 34.8. The van der Waals surface area contributed by atoms with Crippen molar-refractivity contribution in [3.05, 3.63) is 68.7 Å². The lowest BCUT2D eigenvalue weighted by Crippen LogP contribution is -2.28. The van der Waals surface area contributed by atoms with E-state index in [1.165, 1.54) is 18.2 Å². The fraction of sp³-hybridized carbons (Fsp3) is 0.263. The summed E-state index contributed by atoms with van der Waals surface area (Å²) < 4.78 is 5.20. The number of nitrogens with one attached hydrogen (secondary N) is 1. The molecule has 0 aliphatic heterocycles. The minimum Gasteiger partial charge on any atom is -0.455 e. The number of benzene rings is 2. The van der Waals surface area contributed by atoms with Crippen molar-refractivity contribution in [1.29, 1.82) is 0 Å². The van der Waals surface area contributed by atoms with E-state index in [-0.39, 0.29) is 5.69 Å². The fourth-order valence-corrected chi connectivity index (χ4v) is 2.99. The highest BCUT2D eigenvalue weighted by Crippen LogP contribution is 2.49. The number of anilines is 1. The molecule has 1 aliphatic rings. The number of hydrogen-bond acceptors (Lipinski definition) is 5. The Hall–Kier alpha value is -2.93. The number of halogens is 1. The van der Waals surface area contributed by atoms with Gasteiger partial charge in [0.05, 0.1) is 10.3 Å². The second-order valence-corrected chi connectivity index (χ2v) is 6.91. The van der Waals surface area contributed by atoms with Crippen LogP contribution in [0.1, 0.15) is 24.0 Å². The topological polar surface area (TPSA) is 98.5 Å². The van der Waals surface area contributed by atoms with E-state index in [0.717, 1.165) is 5.56 Å². The number of aryl methyl sites for hydroxylation is 1. The number of nitro groups is 1. The molecule has 7 nitrogen and oxygen atoms in total. The first-order valence-electron chi connectivity index (χ1n) is 8.30. The van der Waals surface area contributed by atoms with Crippen LogP contribution in [0, 0.1) is 17.0 Å². The minimum absolute atomic E-state index is 0.0597. The Labute approximate surface area is 160 Å². The number of ether oxygens (including phenoxy) is 1. The molecule has 1 aliphatic carbocycles. The Balaban J connectivity index is 1.58. The van der Waals surface area contributed by atoms with E-state index in [2.05, 4.69) is 5.32 Å². The van der Waals surface area contributed by atoms with E-state index in [4.69, 9.17) is 16.3 Å². The molecule has 2 aromatic carbocycles. The number of non-ortho nitro benzene ring substituents is 1. The maximum atomic E-state index is 12.4. The quantitative estimate of drug-likeness (QED) is 0.461. The monoisotopic (exact) mass is 388 g/mol. The van der Waals surface area contributed by atoms with Crippen molar-refractivity contribution in [2.75, 3.05) is 11.9 Å². The largest absolute Gasteiger partial charge is 0.455 e. The molecule has 1 amide bonds. The minimum atomic E-state index is -0.700. The molecule has 0 heterocycles. The lowest BCUT2D eigenvalue weighted by atomic mass is 9.96. The summed E-state index contributed by atoms with van der Waals surface area (Å²) in [5.41, 5.74) is 1.04. The predicted octanol–water partition coefficient (Wildman–Crippen LogP) is 3.77. The molecule has 3 rings (SSSR count). The molecule has 0 saturated heterocycles. The molecule has 0 bridgehead atoms. The second kappa shape index (κ2) is 7.36. The van der Waals surface area contributed by atoms with Crippen LogP contribution < -0.4 is 5.32 Å². The molecule has 0 radical (unpaired) electrons. The molecular weight excluding hydrogens is 372 g/mol. The van der Waals surface area contributed by atoms with Gasteiger partial charge in [0.1, 0.15) is 0 Å². The maximum absolute atomic E-state index is 12.4. The summed E-state index contributed by atoms with van der Waals surface area (Å²) in [6, 6.07) is 11.1. The van der Waals surface area contributed by atoms with Gasteiger partial charge < -0.3 is 10.1 Å². The Morgan fingerprint density at radius 1 is 1.22 bits per heavy atom. The van der Waals surface area contributed by atoms with Gasteiger partial charge in [-0.1, -0.05) is 23.7 Å². The standard InChI is InChI=1S/C19H17ClN2O5/c1-12-10-15(22(25)26)6-7-16(12)21-17(23)11-27-18(24)19(8-9-19)13-2-4-14(20)5-3-13/h2-7,10H,8-9,11H2,1H3,(H,21,23). The van der Waals surface area contributed by atoms with Gasteiger partial charge in [0.15, 0.2) is 6.61 Å². The van der Waals surface area contributed by atoms with Gasteiger partial charge in [0.2, 0.25) is 0 Å². The van der Waals surface area contributed by atoms with Crippen LogP contribution in [0.3, 0.4) is 0 Å². The van der Waals surface area contributed by atoms with Crippen LogP contribution >= 0.6 is 11.6 Å². The zero-order valence-electron chi connectivity index (χ0n) is 14.5. The molecule has 0 atom stereocenters. The van der Waals surface area contributed by atoms with Crippen molar-refractivity contribution in [2.24, 2.45) is 0 Å². The lowest BCUT2D eigenvalue weighted by Gasteiger charge is -2.15. The number of carbonyl (C=O) groups excluding carboxylic acids is 2. The van der Waals surface area contributed by atoms with E-state index in [9.17, 15) is 19.7 Å². The summed E-state index contributed by atoms with van der Waals surface area (Å²) in [7, 11) is 0. The van der Waals surface area contributed by atoms with Gasteiger partial charge in [-0.05, 0) is 49.1 Å². The Morgan fingerprint density at radius 3 is 2.44 bits per heavy atom. The third-order valence-corrected chi connectivity index (χ3v) is 4.82. The van der Waals surface area contributed by atoms with Gasteiger partial charge in [0.25, 0.3) is 11.6 Å². The molecule has 0 unspecified atom stereocenters.